The molecule has 0 saturated heterocycles. The van der Waals surface area contributed by atoms with E-state index in [2.05, 4.69) is 15.2 Å². The van der Waals surface area contributed by atoms with Crippen molar-refractivity contribution in [2.45, 2.75) is 47.6 Å². The summed E-state index contributed by atoms with van der Waals surface area (Å²) < 4.78 is 31.8. The Morgan fingerprint density at radius 2 is 1.80 bits per heavy atom. The Hall–Kier alpha value is -3.17. The number of pyridine rings is 1. The number of hydrogen-bond acceptors (Lipinski definition) is 7. The normalized spacial score (nSPS) is 14.3. The third-order valence-corrected chi connectivity index (χ3v) is 8.39. The maximum absolute atomic E-state index is 11.9. The molecule has 0 N–H and O–H groups in total. The summed E-state index contributed by atoms with van der Waals surface area (Å²) in [5, 5.41) is 10.3. The van der Waals surface area contributed by atoms with E-state index in [0.717, 1.165) is 22.0 Å². The van der Waals surface area contributed by atoms with Crippen molar-refractivity contribution < 1.29 is 13.2 Å². The second-order valence-electron chi connectivity index (χ2n) is 8.58. The van der Waals surface area contributed by atoms with Crippen LogP contribution < -0.4 is 4.74 Å². The topological polar surface area (TPSA) is 87.0 Å². The fourth-order valence-electron chi connectivity index (χ4n) is 4.17. The lowest BCUT2D eigenvalue weighted by Gasteiger charge is -2.13. The number of aromatic nitrogens is 4. The summed E-state index contributed by atoms with van der Waals surface area (Å²) in [5.41, 5.74) is 2.67. The van der Waals surface area contributed by atoms with Crippen molar-refractivity contribution >= 4 is 21.6 Å². The first-order valence-electron chi connectivity index (χ1n) is 11.5. The van der Waals surface area contributed by atoms with E-state index in [1.165, 1.54) is 31.9 Å². The first kappa shape index (κ1) is 23.6. The van der Waals surface area contributed by atoms with Crippen molar-refractivity contribution in [2.24, 2.45) is 0 Å². The molecule has 1 aliphatic carbocycles. The van der Waals surface area contributed by atoms with Gasteiger partial charge in [-0.3, -0.25) is 9.55 Å². The van der Waals surface area contributed by atoms with Gasteiger partial charge in [0.25, 0.3) is 0 Å². The Morgan fingerprint density at radius 1 is 1.00 bits per heavy atom. The van der Waals surface area contributed by atoms with Crippen LogP contribution in [0.15, 0.2) is 83.1 Å². The summed E-state index contributed by atoms with van der Waals surface area (Å²) in [6.45, 7) is 0.260. The number of hydrogen-bond donors (Lipinski definition) is 0. The Kier molecular flexibility index (Phi) is 6.88. The van der Waals surface area contributed by atoms with E-state index in [4.69, 9.17) is 4.74 Å². The minimum absolute atomic E-state index is 0.260. The van der Waals surface area contributed by atoms with Gasteiger partial charge in [-0.15, -0.1) is 10.2 Å². The summed E-state index contributed by atoms with van der Waals surface area (Å²) >= 11 is 1.78. The molecule has 1 saturated carbocycles. The van der Waals surface area contributed by atoms with Crippen molar-refractivity contribution in [1.82, 2.24) is 19.7 Å². The van der Waals surface area contributed by atoms with Crippen molar-refractivity contribution in [2.75, 3.05) is 6.26 Å². The van der Waals surface area contributed by atoms with E-state index in [1.807, 2.05) is 53.2 Å². The molecule has 5 rings (SSSR count). The standard InChI is InChI=1S/C26H26N4O3S2/c1-35(31,32)24-10-4-6-20(16-24)19-11-13-22(14-12-19)33-18-25-28-29-26(34-23-8-2-3-9-23)30(25)21-7-5-15-27-17-21/h4-7,10-17,23H,2-3,8-9,18H2,1H3. The molecule has 180 valence electrons. The van der Waals surface area contributed by atoms with Crippen LogP contribution in [0, 0.1) is 0 Å². The third-order valence-electron chi connectivity index (χ3n) is 6.00. The lowest BCUT2D eigenvalue weighted by Crippen LogP contribution is -2.08. The lowest BCUT2D eigenvalue weighted by atomic mass is 10.1. The molecule has 0 aliphatic heterocycles. The van der Waals surface area contributed by atoms with E-state index in [-0.39, 0.29) is 6.61 Å². The van der Waals surface area contributed by atoms with E-state index >= 15 is 0 Å². The van der Waals surface area contributed by atoms with Crippen molar-refractivity contribution in [3.05, 3.63) is 78.9 Å². The molecule has 2 aromatic heterocycles. The molecule has 7 nitrogen and oxygen atoms in total. The second-order valence-corrected chi connectivity index (χ2v) is 11.9. The van der Waals surface area contributed by atoms with Crippen LogP contribution in [0.1, 0.15) is 31.5 Å². The highest BCUT2D eigenvalue weighted by Gasteiger charge is 2.22. The average Bonchev–Trinajstić information content (AvgIpc) is 3.53. The molecule has 1 aliphatic rings. The van der Waals surface area contributed by atoms with Gasteiger partial charge >= 0.3 is 0 Å². The summed E-state index contributed by atoms with van der Waals surface area (Å²) in [7, 11) is -3.26. The van der Waals surface area contributed by atoms with Gasteiger partial charge in [-0.2, -0.15) is 0 Å². The minimum Gasteiger partial charge on any atom is -0.486 e. The number of benzene rings is 2. The molecule has 0 unspecified atom stereocenters. The summed E-state index contributed by atoms with van der Waals surface area (Å²) in [6, 6.07) is 18.4. The van der Waals surface area contributed by atoms with Crippen LogP contribution in [0.3, 0.4) is 0 Å². The largest absolute Gasteiger partial charge is 0.486 e. The van der Waals surface area contributed by atoms with Crippen molar-refractivity contribution in [3.8, 4) is 22.6 Å². The zero-order valence-electron chi connectivity index (χ0n) is 19.4. The van der Waals surface area contributed by atoms with Crippen LogP contribution in [0.2, 0.25) is 0 Å². The van der Waals surface area contributed by atoms with Crippen LogP contribution in [-0.4, -0.2) is 39.7 Å². The molecule has 0 spiro atoms. The smallest absolute Gasteiger partial charge is 0.196 e. The molecule has 0 radical (unpaired) electrons. The van der Waals surface area contributed by atoms with E-state index in [1.54, 1.807) is 36.2 Å². The fourth-order valence-corrected chi connectivity index (χ4v) is 6.11. The van der Waals surface area contributed by atoms with E-state index in [9.17, 15) is 8.42 Å². The molecule has 35 heavy (non-hydrogen) atoms. The van der Waals surface area contributed by atoms with Crippen LogP contribution in [0.5, 0.6) is 5.75 Å². The molecular weight excluding hydrogens is 480 g/mol. The zero-order valence-corrected chi connectivity index (χ0v) is 21.0. The zero-order chi connectivity index (χ0) is 24.3. The predicted molar refractivity (Wildman–Crippen MR) is 137 cm³/mol. The Bertz CT molecular complexity index is 1400. The number of thioether (sulfide) groups is 1. The quantitative estimate of drug-likeness (QED) is 0.318. The molecule has 0 amide bonds. The molecule has 1 fully saturated rings. The van der Waals surface area contributed by atoms with Gasteiger partial charge in [0.15, 0.2) is 20.8 Å². The van der Waals surface area contributed by atoms with Gasteiger partial charge in [0.05, 0.1) is 16.8 Å². The molecule has 2 heterocycles. The number of ether oxygens (including phenoxy) is 1. The van der Waals surface area contributed by atoms with Crippen LogP contribution in [0.25, 0.3) is 16.8 Å². The molecule has 9 heteroatoms. The van der Waals surface area contributed by atoms with Gasteiger partial charge in [-0.25, -0.2) is 8.42 Å². The third kappa shape index (κ3) is 5.57. The van der Waals surface area contributed by atoms with Crippen molar-refractivity contribution in [1.29, 1.82) is 0 Å². The van der Waals surface area contributed by atoms with Gasteiger partial charge in [-0.05, 0) is 60.4 Å². The SMILES string of the molecule is CS(=O)(=O)c1cccc(-c2ccc(OCc3nnc(SC4CCCC4)n3-c3cccnc3)cc2)c1. The molecule has 4 aromatic rings. The van der Waals surface area contributed by atoms with Gasteiger partial charge < -0.3 is 4.74 Å². The maximum Gasteiger partial charge on any atom is 0.196 e. The second kappa shape index (κ2) is 10.2. The molecule has 2 aromatic carbocycles. The number of nitrogens with zero attached hydrogens (tertiary/aromatic N) is 4. The molecular formula is C26H26N4O3S2. The van der Waals surface area contributed by atoms with Crippen molar-refractivity contribution in [3.63, 3.8) is 0 Å². The van der Waals surface area contributed by atoms with Gasteiger partial charge in [0.1, 0.15) is 12.4 Å². The first-order valence-corrected chi connectivity index (χ1v) is 14.3. The van der Waals surface area contributed by atoms with Crippen LogP contribution >= 0.6 is 11.8 Å². The minimum atomic E-state index is -3.26. The highest BCUT2D eigenvalue weighted by molar-refractivity contribution is 7.99. The number of rotatable bonds is 8. The Balaban J connectivity index is 1.34. The summed E-state index contributed by atoms with van der Waals surface area (Å²) in [4.78, 5) is 4.57. The summed E-state index contributed by atoms with van der Waals surface area (Å²) in [5.74, 6) is 1.40. The van der Waals surface area contributed by atoms with Crippen LogP contribution in [0.4, 0.5) is 0 Å². The maximum atomic E-state index is 11.9. The van der Waals surface area contributed by atoms with E-state index < -0.39 is 9.84 Å². The average molecular weight is 507 g/mol. The van der Waals surface area contributed by atoms with Gasteiger partial charge in [-0.1, -0.05) is 48.9 Å². The van der Waals surface area contributed by atoms with E-state index in [0.29, 0.717) is 21.7 Å². The first-order chi connectivity index (χ1) is 17.0. The highest BCUT2D eigenvalue weighted by Crippen LogP contribution is 2.35. The molecule has 0 bridgehead atoms. The van der Waals surface area contributed by atoms with Gasteiger partial charge in [0, 0.05) is 17.7 Å². The predicted octanol–water partition coefficient (Wildman–Crippen LogP) is 5.35. The lowest BCUT2D eigenvalue weighted by molar-refractivity contribution is 0.293. The summed E-state index contributed by atoms with van der Waals surface area (Å²) in [6.07, 6.45) is 9.72. The Morgan fingerprint density at radius 3 is 2.51 bits per heavy atom. The Labute approximate surface area is 209 Å². The van der Waals surface area contributed by atoms with Crippen LogP contribution in [-0.2, 0) is 16.4 Å². The highest BCUT2D eigenvalue weighted by atomic mass is 32.2. The fraction of sp³-hybridized carbons (Fsp3) is 0.269. The van der Waals surface area contributed by atoms with Gasteiger partial charge in [0.2, 0.25) is 0 Å². The molecule has 0 atom stereocenters. The number of sulfone groups is 1. The monoisotopic (exact) mass is 506 g/mol.